The van der Waals surface area contributed by atoms with E-state index in [0.717, 1.165) is 0 Å². The second kappa shape index (κ2) is 3.22. The van der Waals surface area contributed by atoms with Crippen molar-refractivity contribution in [2.75, 3.05) is 0 Å². The van der Waals surface area contributed by atoms with Gasteiger partial charge in [0, 0.05) is 0 Å². The molecule has 0 saturated heterocycles. The highest BCUT2D eigenvalue weighted by molar-refractivity contribution is 6.57. The van der Waals surface area contributed by atoms with E-state index in [9.17, 15) is 0 Å². The second-order valence-corrected chi connectivity index (χ2v) is 5.01. The molecule has 0 rings (SSSR count). The van der Waals surface area contributed by atoms with Gasteiger partial charge in [0.25, 0.3) is 0 Å². The van der Waals surface area contributed by atoms with Crippen LogP contribution < -0.4 is 0 Å². The molecule has 3 heteroatoms. The van der Waals surface area contributed by atoms with Crippen LogP contribution in [0.4, 0.5) is 0 Å². The molecule has 0 saturated carbocycles. The molecule has 2 nitrogen and oxygen atoms in total. The van der Waals surface area contributed by atoms with Crippen molar-refractivity contribution in [1.29, 1.82) is 0 Å². The third-order valence-corrected chi connectivity index (χ3v) is 2.71. The normalized spacial score (nSPS) is 18.8. The van der Waals surface area contributed by atoms with Gasteiger partial charge in [0.1, 0.15) is 0 Å². The fraction of sp³-hybridized carbons (Fsp3) is 1.00. The SMILES string of the molecule is CC(O)C(O)[Si](C)C. The highest BCUT2D eigenvalue weighted by atomic mass is 28.3. The lowest BCUT2D eigenvalue weighted by Crippen LogP contribution is -2.34. The number of aliphatic hydroxyl groups is 2. The van der Waals surface area contributed by atoms with Crippen LogP contribution in [-0.2, 0) is 0 Å². The standard InChI is InChI=1S/C5H13O2Si/c1-4(6)5(7)8(2)3/h4-7H,1-3H3. The monoisotopic (exact) mass is 133 g/mol. The summed E-state index contributed by atoms with van der Waals surface area (Å²) in [6, 6.07) is 0. The summed E-state index contributed by atoms with van der Waals surface area (Å²) in [5, 5.41) is 17.8. The molecule has 2 atom stereocenters. The molecule has 49 valence electrons. The minimum Gasteiger partial charge on any atom is -0.394 e. The molecule has 0 aliphatic carbocycles. The molecule has 0 aromatic heterocycles. The first-order chi connectivity index (χ1) is 3.55. The minimum atomic E-state index is -0.706. The van der Waals surface area contributed by atoms with Crippen molar-refractivity contribution in [3.05, 3.63) is 0 Å². The van der Waals surface area contributed by atoms with E-state index in [-0.39, 0.29) is 0 Å². The van der Waals surface area contributed by atoms with E-state index in [2.05, 4.69) is 0 Å². The summed E-state index contributed by atoms with van der Waals surface area (Å²) in [5.41, 5.74) is -0.472. The molecule has 0 heterocycles. The lowest BCUT2D eigenvalue weighted by atomic mass is 10.4. The first kappa shape index (κ1) is 8.14. The lowest BCUT2D eigenvalue weighted by Gasteiger charge is -2.14. The molecule has 2 unspecified atom stereocenters. The van der Waals surface area contributed by atoms with Gasteiger partial charge in [-0.15, -0.1) is 0 Å². The van der Waals surface area contributed by atoms with Gasteiger partial charge in [0.15, 0.2) is 0 Å². The summed E-state index contributed by atoms with van der Waals surface area (Å²) in [5.74, 6) is 0. The highest BCUT2D eigenvalue weighted by Crippen LogP contribution is 1.96. The zero-order valence-electron chi connectivity index (χ0n) is 5.55. The number of hydrogen-bond donors (Lipinski definition) is 2. The van der Waals surface area contributed by atoms with Crippen LogP contribution in [0, 0.1) is 0 Å². The van der Waals surface area contributed by atoms with Gasteiger partial charge >= 0.3 is 0 Å². The van der Waals surface area contributed by atoms with E-state index in [0.29, 0.717) is 0 Å². The van der Waals surface area contributed by atoms with Gasteiger partial charge in [-0.2, -0.15) is 0 Å². The van der Waals surface area contributed by atoms with Crippen molar-refractivity contribution < 1.29 is 10.2 Å². The Balaban J connectivity index is 3.46. The first-order valence-electron chi connectivity index (χ1n) is 2.72. The van der Waals surface area contributed by atoms with Crippen molar-refractivity contribution in [3.63, 3.8) is 0 Å². The van der Waals surface area contributed by atoms with Gasteiger partial charge in [-0.05, 0) is 6.92 Å². The second-order valence-electron chi connectivity index (χ2n) is 2.26. The van der Waals surface area contributed by atoms with E-state index in [1.54, 1.807) is 6.92 Å². The fourth-order valence-electron chi connectivity index (χ4n) is 0.482. The van der Waals surface area contributed by atoms with Crippen LogP contribution in [0.2, 0.25) is 13.1 Å². The molecular weight excluding hydrogens is 120 g/mol. The van der Waals surface area contributed by atoms with Crippen molar-refractivity contribution in [3.8, 4) is 0 Å². The number of aliphatic hydroxyl groups excluding tert-OH is 2. The fourth-order valence-corrected chi connectivity index (χ4v) is 1.45. The van der Waals surface area contributed by atoms with Crippen molar-refractivity contribution >= 4 is 8.80 Å². The van der Waals surface area contributed by atoms with Gasteiger partial charge in [0.2, 0.25) is 0 Å². The third-order valence-electron chi connectivity index (χ3n) is 1.05. The van der Waals surface area contributed by atoms with Crippen molar-refractivity contribution in [1.82, 2.24) is 0 Å². The number of hydrogen-bond acceptors (Lipinski definition) is 2. The molecule has 0 bridgehead atoms. The molecule has 0 spiro atoms. The van der Waals surface area contributed by atoms with E-state index in [1.165, 1.54) is 0 Å². The largest absolute Gasteiger partial charge is 0.394 e. The maximum Gasteiger partial charge on any atom is 0.0814 e. The van der Waals surface area contributed by atoms with Crippen molar-refractivity contribution in [2.24, 2.45) is 0 Å². The topological polar surface area (TPSA) is 40.5 Å². The quantitative estimate of drug-likeness (QED) is 0.521. The summed E-state index contributed by atoms with van der Waals surface area (Å²) >= 11 is 0. The van der Waals surface area contributed by atoms with Crippen molar-refractivity contribution in [2.45, 2.75) is 31.8 Å². The molecule has 1 radical (unpaired) electrons. The first-order valence-corrected chi connectivity index (χ1v) is 5.29. The van der Waals surface area contributed by atoms with Crippen LogP contribution in [0.1, 0.15) is 6.92 Å². The Morgan fingerprint density at radius 3 is 1.62 bits per heavy atom. The molecule has 0 aromatic carbocycles. The summed E-state index contributed by atoms with van der Waals surface area (Å²) in [4.78, 5) is 0. The zero-order valence-corrected chi connectivity index (χ0v) is 6.55. The average molecular weight is 133 g/mol. The molecule has 0 aliphatic rings. The van der Waals surface area contributed by atoms with E-state index >= 15 is 0 Å². The summed E-state index contributed by atoms with van der Waals surface area (Å²) in [7, 11) is -0.706. The van der Waals surface area contributed by atoms with E-state index in [4.69, 9.17) is 10.2 Å². The molecule has 0 aromatic rings. The van der Waals surface area contributed by atoms with Crippen LogP contribution in [0.15, 0.2) is 0 Å². The number of rotatable bonds is 2. The summed E-state index contributed by atoms with van der Waals surface area (Å²) < 4.78 is 0. The van der Waals surface area contributed by atoms with Gasteiger partial charge in [-0.1, -0.05) is 13.1 Å². The molecule has 0 fully saturated rings. The Kier molecular flexibility index (Phi) is 3.27. The van der Waals surface area contributed by atoms with Gasteiger partial charge in [-0.25, -0.2) is 0 Å². The molecule has 0 amide bonds. The van der Waals surface area contributed by atoms with Crippen LogP contribution in [0.3, 0.4) is 0 Å². The maximum absolute atomic E-state index is 9.00. The predicted molar refractivity (Wildman–Crippen MR) is 35.2 cm³/mol. The summed E-state index contributed by atoms with van der Waals surface area (Å²) in [6.07, 6.45) is -0.557. The Hall–Kier alpha value is 0.137. The Morgan fingerprint density at radius 1 is 1.25 bits per heavy atom. The molecule has 8 heavy (non-hydrogen) atoms. The summed E-state index contributed by atoms with van der Waals surface area (Å²) in [6.45, 7) is 5.56. The van der Waals surface area contributed by atoms with Crippen LogP contribution >= 0.6 is 0 Å². The smallest absolute Gasteiger partial charge is 0.0814 e. The van der Waals surface area contributed by atoms with Gasteiger partial charge < -0.3 is 10.2 Å². The maximum atomic E-state index is 9.00. The zero-order chi connectivity index (χ0) is 6.73. The highest BCUT2D eigenvalue weighted by Gasteiger charge is 2.15. The Labute approximate surface area is 51.8 Å². The van der Waals surface area contributed by atoms with E-state index in [1.807, 2.05) is 13.1 Å². The Morgan fingerprint density at radius 2 is 1.62 bits per heavy atom. The average Bonchev–Trinajstić information content (AvgIpc) is 1.64. The predicted octanol–water partition coefficient (Wildman–Crippen LogP) is 0.0217. The van der Waals surface area contributed by atoms with E-state index < -0.39 is 20.6 Å². The molecule has 2 N–H and O–H groups in total. The lowest BCUT2D eigenvalue weighted by molar-refractivity contribution is 0.0781. The van der Waals surface area contributed by atoms with Crippen LogP contribution in [0.5, 0.6) is 0 Å². The van der Waals surface area contributed by atoms with Gasteiger partial charge in [0.05, 0.1) is 20.6 Å². The molecule has 0 aliphatic heterocycles. The van der Waals surface area contributed by atoms with Crippen LogP contribution in [0.25, 0.3) is 0 Å². The van der Waals surface area contributed by atoms with Gasteiger partial charge in [-0.3, -0.25) is 0 Å². The minimum absolute atomic E-state index is 0.472. The Bertz CT molecular complexity index is 55.4. The third kappa shape index (κ3) is 2.45. The molecular formula is C5H13O2Si. The van der Waals surface area contributed by atoms with Crippen LogP contribution in [-0.4, -0.2) is 30.8 Å².